The molecule has 0 saturated carbocycles. The Labute approximate surface area is 179 Å². The van der Waals surface area contributed by atoms with Gasteiger partial charge in [0.15, 0.2) is 0 Å². The molecule has 2 aromatic carbocycles. The maximum Gasteiger partial charge on any atom is 0.252 e. The Hall–Kier alpha value is -2.22. The molecule has 1 atom stereocenters. The van der Waals surface area contributed by atoms with Crippen molar-refractivity contribution in [2.24, 2.45) is 0 Å². The van der Waals surface area contributed by atoms with E-state index in [1.807, 2.05) is 52.1 Å². The maximum atomic E-state index is 13.1. The molecule has 0 bridgehead atoms. The molecular formula is C23H31N3O3S. The van der Waals surface area contributed by atoms with E-state index in [0.29, 0.717) is 31.7 Å². The Balaban J connectivity index is 1.83. The van der Waals surface area contributed by atoms with Gasteiger partial charge in [0, 0.05) is 31.7 Å². The number of sulfonamides is 1. The summed E-state index contributed by atoms with van der Waals surface area (Å²) in [4.78, 5) is 15.3. The van der Waals surface area contributed by atoms with Crippen LogP contribution in [0.15, 0.2) is 47.4 Å². The minimum atomic E-state index is -3.62. The number of hydrogen-bond acceptors (Lipinski definition) is 4. The lowest BCUT2D eigenvalue weighted by Crippen LogP contribution is -2.47. The van der Waals surface area contributed by atoms with Gasteiger partial charge in [-0.25, -0.2) is 8.42 Å². The molecule has 1 amide bonds. The van der Waals surface area contributed by atoms with E-state index >= 15 is 0 Å². The van der Waals surface area contributed by atoms with Crippen LogP contribution in [-0.4, -0.2) is 56.8 Å². The van der Waals surface area contributed by atoms with Crippen LogP contribution in [-0.2, 0) is 10.0 Å². The van der Waals surface area contributed by atoms with Crippen molar-refractivity contribution in [3.8, 4) is 0 Å². The number of piperazine rings is 1. The van der Waals surface area contributed by atoms with Crippen molar-refractivity contribution in [2.45, 2.75) is 38.1 Å². The second kappa shape index (κ2) is 9.29. The Morgan fingerprint density at radius 1 is 1.03 bits per heavy atom. The first-order valence-electron chi connectivity index (χ1n) is 10.4. The number of carbonyl (C=O) groups is 1. The first-order chi connectivity index (χ1) is 14.2. The number of nitrogens with zero attached hydrogens (tertiary/aromatic N) is 2. The lowest BCUT2D eigenvalue weighted by atomic mass is 10.0. The van der Waals surface area contributed by atoms with Gasteiger partial charge in [0.2, 0.25) is 10.0 Å². The van der Waals surface area contributed by atoms with E-state index in [4.69, 9.17) is 0 Å². The van der Waals surface area contributed by atoms with Crippen LogP contribution in [0.4, 0.5) is 0 Å². The van der Waals surface area contributed by atoms with Crippen LogP contribution in [0.3, 0.4) is 0 Å². The first-order valence-corrected chi connectivity index (χ1v) is 11.8. The average Bonchev–Trinajstić information content (AvgIpc) is 2.73. The lowest BCUT2D eigenvalue weighted by Gasteiger charge is -2.31. The van der Waals surface area contributed by atoms with Crippen LogP contribution < -0.4 is 5.32 Å². The third-order valence-corrected chi connectivity index (χ3v) is 7.64. The lowest BCUT2D eigenvalue weighted by molar-refractivity contribution is 0.0934. The highest BCUT2D eigenvalue weighted by Gasteiger charge is 2.28. The molecule has 0 radical (unpaired) electrons. The summed E-state index contributed by atoms with van der Waals surface area (Å²) in [6.07, 6.45) is 0.743. The SMILES string of the molecule is CC[C@@H](NC(=O)c1cc(S(=O)(=O)N2CCN(C)CC2)ccc1C)c1ccc(C)cc1. The molecule has 7 heteroatoms. The summed E-state index contributed by atoms with van der Waals surface area (Å²) >= 11 is 0. The van der Waals surface area contributed by atoms with Crippen LogP contribution in [0.25, 0.3) is 0 Å². The number of hydrogen-bond donors (Lipinski definition) is 1. The van der Waals surface area contributed by atoms with E-state index in [2.05, 4.69) is 10.2 Å². The summed E-state index contributed by atoms with van der Waals surface area (Å²) < 4.78 is 27.7. The summed E-state index contributed by atoms with van der Waals surface area (Å²) in [5.41, 5.74) is 3.35. The van der Waals surface area contributed by atoms with Crippen LogP contribution in [0.1, 0.15) is 46.4 Å². The van der Waals surface area contributed by atoms with Crippen molar-refractivity contribution in [1.82, 2.24) is 14.5 Å². The third kappa shape index (κ3) is 4.91. The summed E-state index contributed by atoms with van der Waals surface area (Å²) in [5, 5.41) is 3.07. The van der Waals surface area contributed by atoms with E-state index in [1.54, 1.807) is 12.1 Å². The number of amides is 1. The van der Waals surface area contributed by atoms with Crippen LogP contribution in [0, 0.1) is 13.8 Å². The Bertz CT molecular complexity index is 995. The molecule has 1 N–H and O–H groups in total. The third-order valence-electron chi connectivity index (χ3n) is 5.75. The predicted molar refractivity (Wildman–Crippen MR) is 119 cm³/mol. The summed E-state index contributed by atoms with van der Waals surface area (Å²) in [6.45, 7) is 8.19. The molecule has 1 aliphatic heterocycles. The second-order valence-electron chi connectivity index (χ2n) is 8.03. The maximum absolute atomic E-state index is 13.1. The van der Waals surface area contributed by atoms with Gasteiger partial charge in [-0.1, -0.05) is 42.8 Å². The Kier molecular flexibility index (Phi) is 6.95. The molecule has 0 spiro atoms. The zero-order valence-corrected chi connectivity index (χ0v) is 19.0. The number of aryl methyl sites for hydroxylation is 2. The number of carbonyl (C=O) groups excluding carboxylic acids is 1. The first kappa shape index (κ1) is 22.5. The fourth-order valence-corrected chi connectivity index (χ4v) is 5.09. The summed E-state index contributed by atoms with van der Waals surface area (Å²) in [5.74, 6) is -0.254. The van der Waals surface area contributed by atoms with Gasteiger partial charge in [0.25, 0.3) is 5.91 Å². The number of benzene rings is 2. The molecule has 30 heavy (non-hydrogen) atoms. The Morgan fingerprint density at radius 2 is 1.67 bits per heavy atom. The van der Waals surface area contributed by atoms with E-state index < -0.39 is 10.0 Å². The fourth-order valence-electron chi connectivity index (χ4n) is 3.64. The molecule has 3 rings (SSSR count). The molecule has 0 unspecified atom stereocenters. The van der Waals surface area contributed by atoms with E-state index in [0.717, 1.165) is 23.1 Å². The predicted octanol–water partition coefficient (Wildman–Crippen LogP) is 3.12. The van der Waals surface area contributed by atoms with Gasteiger partial charge in [0.05, 0.1) is 10.9 Å². The monoisotopic (exact) mass is 429 g/mol. The van der Waals surface area contributed by atoms with Gasteiger partial charge < -0.3 is 10.2 Å². The zero-order valence-electron chi connectivity index (χ0n) is 18.2. The van der Waals surface area contributed by atoms with Gasteiger partial charge in [-0.15, -0.1) is 0 Å². The van der Waals surface area contributed by atoms with E-state index in [1.165, 1.54) is 10.4 Å². The molecule has 1 saturated heterocycles. The summed E-state index contributed by atoms with van der Waals surface area (Å²) in [6, 6.07) is 12.8. The van der Waals surface area contributed by atoms with E-state index in [-0.39, 0.29) is 16.8 Å². The minimum absolute atomic E-state index is 0.129. The van der Waals surface area contributed by atoms with Gasteiger partial charge in [-0.05, 0) is 50.6 Å². The van der Waals surface area contributed by atoms with Crippen molar-refractivity contribution in [1.29, 1.82) is 0 Å². The van der Waals surface area contributed by atoms with Crippen LogP contribution >= 0.6 is 0 Å². The smallest absolute Gasteiger partial charge is 0.252 e. The zero-order chi connectivity index (χ0) is 21.9. The second-order valence-corrected chi connectivity index (χ2v) is 9.97. The van der Waals surface area contributed by atoms with Crippen molar-refractivity contribution in [3.63, 3.8) is 0 Å². The van der Waals surface area contributed by atoms with Crippen molar-refractivity contribution in [3.05, 3.63) is 64.7 Å². The van der Waals surface area contributed by atoms with Gasteiger partial charge >= 0.3 is 0 Å². The van der Waals surface area contributed by atoms with E-state index in [9.17, 15) is 13.2 Å². The van der Waals surface area contributed by atoms with Crippen molar-refractivity contribution < 1.29 is 13.2 Å². The highest BCUT2D eigenvalue weighted by molar-refractivity contribution is 7.89. The molecule has 162 valence electrons. The van der Waals surface area contributed by atoms with Crippen LogP contribution in [0.5, 0.6) is 0 Å². The minimum Gasteiger partial charge on any atom is -0.345 e. The normalized spacial score (nSPS) is 16.9. The highest BCUT2D eigenvalue weighted by Crippen LogP contribution is 2.23. The molecule has 1 fully saturated rings. The van der Waals surface area contributed by atoms with Crippen LogP contribution in [0.2, 0.25) is 0 Å². The van der Waals surface area contributed by atoms with Gasteiger partial charge in [0.1, 0.15) is 0 Å². The average molecular weight is 430 g/mol. The molecule has 1 heterocycles. The van der Waals surface area contributed by atoms with Crippen molar-refractivity contribution in [2.75, 3.05) is 33.2 Å². The standard InChI is InChI=1S/C23H31N3O3S/c1-5-22(19-9-6-17(2)7-10-19)24-23(27)21-16-20(11-8-18(21)3)30(28,29)26-14-12-25(4)13-15-26/h6-11,16,22H,5,12-15H2,1-4H3,(H,24,27)/t22-/m1/s1. The number of rotatable bonds is 6. The summed E-state index contributed by atoms with van der Waals surface area (Å²) in [7, 11) is -1.64. The topological polar surface area (TPSA) is 69.7 Å². The van der Waals surface area contributed by atoms with Gasteiger partial charge in [-0.2, -0.15) is 4.31 Å². The number of likely N-dealkylation sites (N-methyl/N-ethyl adjacent to an activating group) is 1. The highest BCUT2D eigenvalue weighted by atomic mass is 32.2. The molecule has 6 nitrogen and oxygen atoms in total. The molecule has 2 aromatic rings. The fraction of sp³-hybridized carbons (Fsp3) is 0.435. The number of nitrogens with one attached hydrogen (secondary N) is 1. The largest absolute Gasteiger partial charge is 0.345 e. The molecular weight excluding hydrogens is 398 g/mol. The van der Waals surface area contributed by atoms with Crippen molar-refractivity contribution >= 4 is 15.9 Å². The quantitative estimate of drug-likeness (QED) is 0.766. The molecule has 0 aromatic heterocycles. The van der Waals surface area contributed by atoms with Gasteiger partial charge in [-0.3, -0.25) is 4.79 Å². The Morgan fingerprint density at radius 3 is 2.27 bits per heavy atom. The molecule has 0 aliphatic carbocycles. The molecule has 1 aliphatic rings.